The Labute approximate surface area is 71.1 Å². The summed E-state index contributed by atoms with van der Waals surface area (Å²) in [4.78, 5) is 0. The van der Waals surface area contributed by atoms with Crippen LogP contribution in [0.2, 0.25) is 0 Å². The third-order valence-corrected chi connectivity index (χ3v) is 1.65. The van der Waals surface area contributed by atoms with Crippen LogP contribution in [0.1, 0.15) is 18.1 Å². The fourth-order valence-electron chi connectivity index (χ4n) is 1.10. The van der Waals surface area contributed by atoms with Crippen LogP contribution in [0.25, 0.3) is 0 Å². The Hall–Kier alpha value is -1.40. The summed E-state index contributed by atoms with van der Waals surface area (Å²) >= 11 is 0. The molecule has 0 aromatic carbocycles. The van der Waals surface area contributed by atoms with Gasteiger partial charge in [0.2, 0.25) is 0 Å². The molecule has 1 aromatic rings. The minimum atomic E-state index is -4.49. The minimum absolute atomic E-state index is 0.259. The summed E-state index contributed by atoms with van der Waals surface area (Å²) in [7, 11) is 0. The van der Waals surface area contributed by atoms with Crippen molar-refractivity contribution in [1.29, 1.82) is 0 Å². The molecule has 0 atom stereocenters. The Morgan fingerprint density at radius 3 is 2.77 bits per heavy atom. The number of rotatable bonds is 0. The fourth-order valence-corrected chi connectivity index (χ4v) is 1.10. The van der Waals surface area contributed by atoms with Gasteiger partial charge in [-0.1, -0.05) is 0 Å². The predicted molar refractivity (Wildman–Crippen MR) is 37.2 cm³/mol. The molecule has 2 heterocycles. The smallest absolute Gasteiger partial charge is 0.193 e. The fraction of sp³-hybridized carbons (Fsp3) is 0.500. The van der Waals surface area contributed by atoms with E-state index in [1.165, 1.54) is 6.21 Å². The molecule has 0 radical (unpaired) electrons. The zero-order chi connectivity index (χ0) is 9.47. The highest BCUT2D eigenvalue weighted by molar-refractivity contribution is 5.58. The first kappa shape index (κ1) is 8.21. The van der Waals surface area contributed by atoms with Crippen LogP contribution in [-0.2, 0) is 12.6 Å². The van der Waals surface area contributed by atoms with E-state index in [-0.39, 0.29) is 5.82 Å². The third-order valence-electron chi connectivity index (χ3n) is 1.65. The Morgan fingerprint density at radius 2 is 2.08 bits per heavy atom. The standard InChI is InChI=1S/C6H5F3N4/c7-6(8,9)5-12-11-4-2-1-3-10-13(4)5/h3H,1-2H2. The monoisotopic (exact) mass is 190 g/mol. The lowest BCUT2D eigenvalue weighted by Crippen LogP contribution is -2.15. The van der Waals surface area contributed by atoms with E-state index in [2.05, 4.69) is 15.3 Å². The quantitative estimate of drug-likeness (QED) is 0.614. The molecule has 0 unspecified atom stereocenters. The molecule has 1 aliphatic heterocycles. The van der Waals surface area contributed by atoms with E-state index >= 15 is 0 Å². The molecule has 70 valence electrons. The number of halogens is 3. The first-order chi connectivity index (χ1) is 6.09. The zero-order valence-electron chi connectivity index (χ0n) is 6.41. The Bertz CT molecular complexity index is 351. The Morgan fingerprint density at radius 1 is 1.31 bits per heavy atom. The maximum absolute atomic E-state index is 12.2. The van der Waals surface area contributed by atoms with Gasteiger partial charge in [-0.3, -0.25) is 0 Å². The normalized spacial score (nSPS) is 15.9. The van der Waals surface area contributed by atoms with E-state index in [0.717, 1.165) is 4.68 Å². The lowest BCUT2D eigenvalue weighted by molar-refractivity contribution is -0.147. The molecular formula is C6H5F3N4. The number of hydrogen-bond donors (Lipinski definition) is 0. The summed E-state index contributed by atoms with van der Waals surface area (Å²) in [6.07, 6.45) is -2.01. The van der Waals surface area contributed by atoms with Gasteiger partial charge in [0.25, 0.3) is 5.82 Å². The first-order valence-corrected chi connectivity index (χ1v) is 3.63. The molecule has 0 saturated heterocycles. The highest BCUT2D eigenvalue weighted by Gasteiger charge is 2.39. The molecule has 0 fully saturated rings. The van der Waals surface area contributed by atoms with Gasteiger partial charge < -0.3 is 0 Å². The number of aromatic nitrogens is 3. The minimum Gasteiger partial charge on any atom is -0.193 e. The third kappa shape index (κ3) is 1.30. The van der Waals surface area contributed by atoms with E-state index in [1.807, 2.05) is 0 Å². The van der Waals surface area contributed by atoms with Gasteiger partial charge >= 0.3 is 6.18 Å². The van der Waals surface area contributed by atoms with E-state index in [0.29, 0.717) is 12.8 Å². The average Bonchev–Trinajstić information content (AvgIpc) is 2.45. The molecule has 1 aromatic heterocycles. The van der Waals surface area contributed by atoms with E-state index < -0.39 is 12.0 Å². The van der Waals surface area contributed by atoms with Crippen LogP contribution in [0, 0.1) is 0 Å². The number of hydrogen-bond acceptors (Lipinski definition) is 3. The molecule has 13 heavy (non-hydrogen) atoms. The summed E-state index contributed by atoms with van der Waals surface area (Å²) in [6, 6.07) is 0. The molecule has 0 bridgehead atoms. The Balaban J connectivity index is 2.51. The molecule has 7 heteroatoms. The van der Waals surface area contributed by atoms with Crippen molar-refractivity contribution in [2.45, 2.75) is 19.0 Å². The number of fused-ring (bicyclic) bond motifs is 1. The highest BCUT2D eigenvalue weighted by atomic mass is 19.4. The second-order valence-corrected chi connectivity index (χ2v) is 2.59. The molecule has 4 nitrogen and oxygen atoms in total. The van der Waals surface area contributed by atoms with Crippen molar-refractivity contribution in [1.82, 2.24) is 14.9 Å². The van der Waals surface area contributed by atoms with Gasteiger partial charge in [0.15, 0.2) is 5.82 Å². The molecule has 0 N–H and O–H groups in total. The van der Waals surface area contributed by atoms with Crippen LogP contribution in [0.3, 0.4) is 0 Å². The van der Waals surface area contributed by atoms with Crippen LogP contribution in [0.15, 0.2) is 5.10 Å². The van der Waals surface area contributed by atoms with E-state index in [4.69, 9.17) is 0 Å². The van der Waals surface area contributed by atoms with Gasteiger partial charge in [0.1, 0.15) is 0 Å². The molecule has 0 spiro atoms. The van der Waals surface area contributed by atoms with Crippen molar-refractivity contribution >= 4 is 6.21 Å². The number of nitrogens with zero attached hydrogens (tertiary/aromatic N) is 4. The summed E-state index contributed by atoms with van der Waals surface area (Å²) in [5.41, 5.74) is 0. The largest absolute Gasteiger partial charge is 0.453 e. The van der Waals surface area contributed by atoms with Crippen LogP contribution < -0.4 is 0 Å². The second-order valence-electron chi connectivity index (χ2n) is 2.59. The molecule has 2 rings (SSSR count). The summed E-state index contributed by atoms with van der Waals surface area (Å²) in [5, 5.41) is 10.0. The lowest BCUT2D eigenvalue weighted by atomic mass is 10.3. The van der Waals surface area contributed by atoms with Gasteiger partial charge in [-0.2, -0.15) is 22.9 Å². The summed E-state index contributed by atoms with van der Waals surface area (Å²) < 4.78 is 37.4. The van der Waals surface area contributed by atoms with Crippen LogP contribution >= 0.6 is 0 Å². The van der Waals surface area contributed by atoms with Crippen molar-refractivity contribution in [3.8, 4) is 0 Å². The molecular weight excluding hydrogens is 185 g/mol. The van der Waals surface area contributed by atoms with Crippen LogP contribution in [-0.4, -0.2) is 21.1 Å². The first-order valence-electron chi connectivity index (χ1n) is 3.63. The second kappa shape index (κ2) is 2.54. The van der Waals surface area contributed by atoms with Gasteiger partial charge in [0.05, 0.1) is 0 Å². The SMILES string of the molecule is FC(F)(F)c1nnc2n1N=CCC2. The maximum Gasteiger partial charge on any atom is 0.453 e. The topological polar surface area (TPSA) is 43.1 Å². The number of alkyl halides is 3. The van der Waals surface area contributed by atoms with Crippen molar-refractivity contribution in [3.63, 3.8) is 0 Å². The lowest BCUT2D eigenvalue weighted by Gasteiger charge is -2.08. The van der Waals surface area contributed by atoms with Crippen LogP contribution in [0.4, 0.5) is 13.2 Å². The van der Waals surface area contributed by atoms with Gasteiger partial charge in [-0.05, 0) is 6.42 Å². The highest BCUT2D eigenvalue weighted by Crippen LogP contribution is 2.28. The molecule has 1 aliphatic rings. The molecule has 0 amide bonds. The van der Waals surface area contributed by atoms with E-state index in [1.54, 1.807) is 0 Å². The average molecular weight is 190 g/mol. The summed E-state index contributed by atoms with van der Waals surface area (Å²) in [6.45, 7) is 0. The van der Waals surface area contributed by atoms with E-state index in [9.17, 15) is 13.2 Å². The molecule has 0 aliphatic carbocycles. The Kier molecular flexibility index (Phi) is 1.61. The van der Waals surface area contributed by atoms with Crippen LogP contribution in [0.5, 0.6) is 0 Å². The zero-order valence-corrected chi connectivity index (χ0v) is 6.41. The molecule has 0 saturated carbocycles. The summed E-state index contributed by atoms with van der Waals surface area (Å²) in [5.74, 6) is -0.798. The maximum atomic E-state index is 12.2. The van der Waals surface area contributed by atoms with Crippen molar-refractivity contribution in [2.75, 3.05) is 0 Å². The van der Waals surface area contributed by atoms with Gasteiger partial charge in [-0.15, -0.1) is 10.2 Å². The van der Waals surface area contributed by atoms with Crippen molar-refractivity contribution in [2.24, 2.45) is 5.10 Å². The van der Waals surface area contributed by atoms with Gasteiger partial charge in [-0.25, -0.2) is 0 Å². The van der Waals surface area contributed by atoms with Gasteiger partial charge in [0, 0.05) is 12.6 Å². The van der Waals surface area contributed by atoms with Crippen molar-refractivity contribution in [3.05, 3.63) is 11.6 Å². The van der Waals surface area contributed by atoms with Crippen molar-refractivity contribution < 1.29 is 13.2 Å². The number of aryl methyl sites for hydroxylation is 1. The predicted octanol–water partition coefficient (Wildman–Crippen LogP) is 1.08.